The van der Waals surface area contributed by atoms with Gasteiger partial charge < -0.3 is 10.4 Å². The number of rotatable bonds is 6. The number of thioether (sulfide) groups is 1. The fourth-order valence-corrected chi connectivity index (χ4v) is 3.11. The van der Waals surface area contributed by atoms with Gasteiger partial charge in [0.2, 0.25) is 5.91 Å². The van der Waals surface area contributed by atoms with E-state index in [0.29, 0.717) is 12.3 Å². The number of benzene rings is 1. The van der Waals surface area contributed by atoms with Crippen LogP contribution in [0.4, 0.5) is 0 Å². The van der Waals surface area contributed by atoms with Gasteiger partial charge in [-0.3, -0.25) is 4.79 Å². The second-order valence-electron chi connectivity index (χ2n) is 6.36. The second-order valence-corrected chi connectivity index (χ2v) is 7.41. The standard InChI is InChI=1S/C17H25NO2S/c1-12(2)17(3,20)11-18-16(19)10-21-15-8-7-13-5-4-6-14(13)9-15/h7-9,12,20H,4-6,10-11H2,1-3H3,(H,18,19)/t17-/m1/s1. The smallest absolute Gasteiger partial charge is 0.230 e. The van der Waals surface area contributed by atoms with Crippen molar-refractivity contribution in [3.63, 3.8) is 0 Å². The molecule has 0 aliphatic heterocycles. The van der Waals surface area contributed by atoms with Crippen molar-refractivity contribution in [2.75, 3.05) is 12.3 Å². The number of nitrogens with one attached hydrogen (secondary N) is 1. The van der Waals surface area contributed by atoms with Crippen LogP contribution >= 0.6 is 11.8 Å². The van der Waals surface area contributed by atoms with Crippen molar-refractivity contribution in [1.82, 2.24) is 5.32 Å². The summed E-state index contributed by atoms with van der Waals surface area (Å²) in [6.07, 6.45) is 3.59. The SMILES string of the molecule is CC(C)[C@](C)(O)CNC(=O)CSc1ccc2c(c1)CCC2. The third-order valence-corrected chi connectivity index (χ3v) is 5.32. The van der Waals surface area contributed by atoms with Gasteiger partial charge in [-0.1, -0.05) is 19.9 Å². The molecule has 0 spiro atoms. The minimum atomic E-state index is -0.853. The minimum absolute atomic E-state index is 0.0265. The molecule has 1 atom stereocenters. The van der Waals surface area contributed by atoms with Crippen molar-refractivity contribution in [3.8, 4) is 0 Å². The predicted molar refractivity (Wildman–Crippen MR) is 87.7 cm³/mol. The number of carbonyl (C=O) groups is 1. The summed E-state index contributed by atoms with van der Waals surface area (Å²) in [5.41, 5.74) is 2.04. The highest BCUT2D eigenvalue weighted by atomic mass is 32.2. The molecule has 2 N–H and O–H groups in total. The van der Waals surface area contributed by atoms with E-state index in [2.05, 4.69) is 23.5 Å². The molecule has 0 saturated heterocycles. The second kappa shape index (κ2) is 6.84. The molecule has 3 nitrogen and oxygen atoms in total. The molecule has 0 radical (unpaired) electrons. The Morgan fingerprint density at radius 3 is 2.81 bits per heavy atom. The topological polar surface area (TPSA) is 49.3 Å². The van der Waals surface area contributed by atoms with Crippen LogP contribution in [0.5, 0.6) is 0 Å². The monoisotopic (exact) mass is 307 g/mol. The fraction of sp³-hybridized carbons (Fsp3) is 0.588. The van der Waals surface area contributed by atoms with Crippen molar-refractivity contribution >= 4 is 17.7 Å². The van der Waals surface area contributed by atoms with Crippen LogP contribution in [0.2, 0.25) is 0 Å². The highest BCUT2D eigenvalue weighted by Gasteiger charge is 2.25. The van der Waals surface area contributed by atoms with E-state index >= 15 is 0 Å². The zero-order valence-corrected chi connectivity index (χ0v) is 13.9. The largest absolute Gasteiger partial charge is 0.388 e. The first-order valence-corrected chi connectivity index (χ1v) is 8.61. The van der Waals surface area contributed by atoms with E-state index in [0.717, 1.165) is 11.3 Å². The number of hydrogen-bond acceptors (Lipinski definition) is 3. The maximum atomic E-state index is 11.9. The van der Waals surface area contributed by atoms with Crippen molar-refractivity contribution < 1.29 is 9.90 Å². The lowest BCUT2D eigenvalue weighted by Crippen LogP contribution is -2.44. The van der Waals surface area contributed by atoms with Crippen LogP contribution in [0, 0.1) is 5.92 Å². The van der Waals surface area contributed by atoms with Gasteiger partial charge in [-0.15, -0.1) is 11.8 Å². The normalized spacial score (nSPS) is 16.6. The van der Waals surface area contributed by atoms with Gasteiger partial charge >= 0.3 is 0 Å². The molecule has 1 aromatic rings. The molecule has 116 valence electrons. The molecule has 21 heavy (non-hydrogen) atoms. The fourth-order valence-electron chi connectivity index (χ4n) is 2.32. The molecule has 0 aromatic heterocycles. The molecule has 0 heterocycles. The van der Waals surface area contributed by atoms with Gasteiger partial charge in [0, 0.05) is 11.4 Å². The van der Waals surface area contributed by atoms with E-state index in [1.165, 1.54) is 24.0 Å². The Morgan fingerprint density at radius 1 is 1.38 bits per heavy atom. The van der Waals surface area contributed by atoms with Crippen molar-refractivity contribution in [2.24, 2.45) is 5.92 Å². The van der Waals surface area contributed by atoms with Crippen molar-refractivity contribution in [1.29, 1.82) is 0 Å². The Balaban J connectivity index is 1.79. The number of aryl methyl sites for hydroxylation is 2. The predicted octanol–water partition coefficient (Wildman–Crippen LogP) is 2.79. The molecule has 1 amide bonds. The average Bonchev–Trinajstić information content (AvgIpc) is 2.90. The molecule has 0 saturated carbocycles. The Kier molecular flexibility index (Phi) is 5.33. The summed E-state index contributed by atoms with van der Waals surface area (Å²) in [6, 6.07) is 6.50. The van der Waals surface area contributed by atoms with Gasteiger partial charge in [-0.05, 0) is 55.4 Å². The molecule has 1 aliphatic rings. The van der Waals surface area contributed by atoms with E-state index in [4.69, 9.17) is 0 Å². The molecule has 4 heteroatoms. The van der Waals surface area contributed by atoms with Crippen LogP contribution in [0.1, 0.15) is 38.3 Å². The molecular weight excluding hydrogens is 282 g/mol. The minimum Gasteiger partial charge on any atom is -0.388 e. The van der Waals surface area contributed by atoms with Gasteiger partial charge in [0.15, 0.2) is 0 Å². The first kappa shape index (κ1) is 16.4. The third-order valence-electron chi connectivity index (χ3n) is 4.33. The first-order chi connectivity index (χ1) is 9.88. The summed E-state index contributed by atoms with van der Waals surface area (Å²) in [5, 5.41) is 12.9. The highest BCUT2D eigenvalue weighted by Crippen LogP contribution is 2.27. The van der Waals surface area contributed by atoms with Gasteiger partial charge in [-0.2, -0.15) is 0 Å². The van der Waals surface area contributed by atoms with Gasteiger partial charge in [0.25, 0.3) is 0 Å². The van der Waals surface area contributed by atoms with Crippen LogP contribution in [0.15, 0.2) is 23.1 Å². The molecule has 1 aliphatic carbocycles. The maximum absolute atomic E-state index is 11.9. The van der Waals surface area contributed by atoms with Crippen molar-refractivity contribution in [3.05, 3.63) is 29.3 Å². The quantitative estimate of drug-likeness (QED) is 0.795. The first-order valence-electron chi connectivity index (χ1n) is 7.62. The zero-order chi connectivity index (χ0) is 15.5. The molecule has 2 rings (SSSR count). The summed E-state index contributed by atoms with van der Waals surface area (Å²) in [4.78, 5) is 13.0. The Morgan fingerprint density at radius 2 is 2.10 bits per heavy atom. The van der Waals surface area contributed by atoms with Gasteiger partial charge in [0.05, 0.1) is 11.4 Å². The van der Waals surface area contributed by atoms with Crippen LogP contribution in [0.25, 0.3) is 0 Å². The van der Waals surface area contributed by atoms with E-state index in [9.17, 15) is 9.90 Å². The lowest BCUT2D eigenvalue weighted by molar-refractivity contribution is -0.120. The maximum Gasteiger partial charge on any atom is 0.230 e. The lowest BCUT2D eigenvalue weighted by Gasteiger charge is -2.27. The Hall–Kier alpha value is -1.00. The highest BCUT2D eigenvalue weighted by molar-refractivity contribution is 8.00. The number of aliphatic hydroxyl groups is 1. The summed E-state index contributed by atoms with van der Waals surface area (Å²) >= 11 is 1.56. The molecular formula is C17H25NO2S. The number of hydrogen-bond donors (Lipinski definition) is 2. The summed E-state index contributed by atoms with van der Waals surface area (Å²) in [6.45, 7) is 5.96. The molecule has 0 unspecified atom stereocenters. The summed E-state index contributed by atoms with van der Waals surface area (Å²) in [5.74, 6) is 0.482. The van der Waals surface area contributed by atoms with E-state index in [1.54, 1.807) is 18.7 Å². The summed E-state index contributed by atoms with van der Waals surface area (Å²) < 4.78 is 0. The number of carbonyl (C=O) groups excluding carboxylic acids is 1. The molecule has 0 fully saturated rings. The van der Waals surface area contributed by atoms with Gasteiger partial charge in [0.1, 0.15) is 0 Å². The zero-order valence-electron chi connectivity index (χ0n) is 13.1. The number of fused-ring (bicyclic) bond motifs is 1. The molecule has 1 aromatic carbocycles. The average molecular weight is 307 g/mol. The lowest BCUT2D eigenvalue weighted by atomic mass is 9.93. The van der Waals surface area contributed by atoms with E-state index in [-0.39, 0.29) is 11.8 Å². The van der Waals surface area contributed by atoms with Gasteiger partial charge in [-0.25, -0.2) is 0 Å². The molecule has 0 bridgehead atoms. The Bertz CT molecular complexity index is 512. The summed E-state index contributed by atoms with van der Waals surface area (Å²) in [7, 11) is 0. The van der Waals surface area contributed by atoms with Crippen LogP contribution in [-0.4, -0.2) is 28.9 Å². The van der Waals surface area contributed by atoms with Crippen LogP contribution in [-0.2, 0) is 17.6 Å². The van der Waals surface area contributed by atoms with E-state index < -0.39 is 5.60 Å². The number of amides is 1. The van der Waals surface area contributed by atoms with E-state index in [1.807, 2.05) is 13.8 Å². The van der Waals surface area contributed by atoms with Crippen LogP contribution in [0.3, 0.4) is 0 Å². The third kappa shape index (κ3) is 4.48. The van der Waals surface area contributed by atoms with Crippen molar-refractivity contribution in [2.45, 2.75) is 50.5 Å². The Labute approximate surface area is 131 Å². The van der Waals surface area contributed by atoms with Crippen LogP contribution < -0.4 is 5.32 Å².